The van der Waals surface area contributed by atoms with Crippen molar-refractivity contribution in [1.82, 2.24) is 10.3 Å². The summed E-state index contributed by atoms with van der Waals surface area (Å²) in [6.45, 7) is 1.88. The Labute approximate surface area is 115 Å². The summed E-state index contributed by atoms with van der Waals surface area (Å²) < 4.78 is 27.3. The number of rotatable bonds is 4. The first-order chi connectivity index (χ1) is 9.36. The molecule has 0 unspecified atom stereocenters. The van der Waals surface area contributed by atoms with E-state index in [1.165, 1.54) is 18.3 Å². The highest BCUT2D eigenvalue weighted by atomic mass is 32.2. The number of nitrogens with zero attached hydrogens (tertiary/aromatic N) is 1. The lowest BCUT2D eigenvalue weighted by Crippen LogP contribution is -2.22. The minimum Gasteiger partial charge on any atom is -0.436 e. The highest BCUT2D eigenvalue weighted by Crippen LogP contribution is 2.09. The van der Waals surface area contributed by atoms with Gasteiger partial charge in [-0.25, -0.2) is 18.5 Å². The number of hydrogen-bond acceptors (Lipinski definition) is 5. The Hall–Kier alpha value is -2.19. The molecule has 1 aromatic heterocycles. The van der Waals surface area contributed by atoms with E-state index in [1.54, 1.807) is 19.1 Å². The third kappa shape index (κ3) is 3.43. The van der Waals surface area contributed by atoms with E-state index < -0.39 is 10.0 Å². The number of amides is 1. The molecular weight excluding hydrogens is 282 g/mol. The summed E-state index contributed by atoms with van der Waals surface area (Å²) in [6.07, 6.45) is 1.34. The molecule has 0 atom stereocenters. The molecule has 2 rings (SSSR count). The summed E-state index contributed by atoms with van der Waals surface area (Å²) >= 11 is 0. The van der Waals surface area contributed by atoms with Gasteiger partial charge in [-0.1, -0.05) is 12.1 Å². The molecule has 0 fully saturated rings. The van der Waals surface area contributed by atoms with Crippen molar-refractivity contribution in [2.45, 2.75) is 18.4 Å². The minimum absolute atomic E-state index is 0.0263. The van der Waals surface area contributed by atoms with Crippen LogP contribution in [0.3, 0.4) is 0 Å². The Morgan fingerprint density at radius 2 is 2.00 bits per heavy atom. The number of aryl methyl sites for hydroxylation is 1. The number of nitrogens with one attached hydrogen (secondary N) is 1. The molecule has 3 N–H and O–H groups in total. The maximum atomic E-state index is 11.7. The number of aromatic nitrogens is 1. The van der Waals surface area contributed by atoms with Crippen LogP contribution in [-0.2, 0) is 16.6 Å². The van der Waals surface area contributed by atoms with Gasteiger partial charge in [-0.2, -0.15) is 0 Å². The topological polar surface area (TPSA) is 115 Å². The van der Waals surface area contributed by atoms with Crippen LogP contribution >= 0.6 is 0 Å². The van der Waals surface area contributed by atoms with Gasteiger partial charge >= 0.3 is 0 Å². The number of sulfonamides is 1. The molecular formula is C12H13N3O4S. The Morgan fingerprint density at radius 3 is 2.50 bits per heavy atom. The van der Waals surface area contributed by atoms with E-state index >= 15 is 0 Å². The predicted molar refractivity (Wildman–Crippen MR) is 70.2 cm³/mol. The second-order valence-electron chi connectivity index (χ2n) is 4.12. The summed E-state index contributed by atoms with van der Waals surface area (Å²) in [5.74, 6) is 0.150. The van der Waals surface area contributed by atoms with Crippen molar-refractivity contribution in [1.29, 1.82) is 0 Å². The summed E-state index contributed by atoms with van der Waals surface area (Å²) in [7, 11) is -3.70. The van der Waals surface area contributed by atoms with E-state index in [2.05, 4.69) is 10.3 Å². The number of carbonyl (C=O) groups excluding carboxylic acids is 1. The molecule has 8 heteroatoms. The molecule has 0 aliphatic rings. The molecule has 0 aliphatic carbocycles. The Balaban J connectivity index is 1.99. The van der Waals surface area contributed by atoms with Crippen molar-refractivity contribution in [2.24, 2.45) is 5.14 Å². The van der Waals surface area contributed by atoms with Gasteiger partial charge in [-0.05, 0) is 17.7 Å². The van der Waals surface area contributed by atoms with Crippen LogP contribution in [0, 0.1) is 6.92 Å². The predicted octanol–water partition coefficient (Wildman–Crippen LogP) is 0.560. The van der Waals surface area contributed by atoms with Crippen LogP contribution in [0.25, 0.3) is 0 Å². The molecule has 0 saturated carbocycles. The van der Waals surface area contributed by atoms with Gasteiger partial charge in [0.1, 0.15) is 0 Å². The first-order valence-electron chi connectivity index (χ1n) is 5.68. The van der Waals surface area contributed by atoms with Gasteiger partial charge in [0, 0.05) is 13.5 Å². The molecule has 0 aliphatic heterocycles. The fourth-order valence-corrected chi connectivity index (χ4v) is 2.05. The zero-order chi connectivity index (χ0) is 14.8. The van der Waals surface area contributed by atoms with Crippen LogP contribution < -0.4 is 10.5 Å². The van der Waals surface area contributed by atoms with Crippen LogP contribution in [0.2, 0.25) is 0 Å². The van der Waals surface area contributed by atoms with Gasteiger partial charge in [0.25, 0.3) is 5.91 Å². The second kappa shape index (κ2) is 5.43. The first kappa shape index (κ1) is 14.2. The zero-order valence-corrected chi connectivity index (χ0v) is 11.5. The lowest BCUT2D eigenvalue weighted by molar-refractivity contribution is 0.0922. The zero-order valence-electron chi connectivity index (χ0n) is 10.7. The molecule has 0 saturated heterocycles. The molecule has 20 heavy (non-hydrogen) atoms. The van der Waals surface area contributed by atoms with Crippen LogP contribution in [0.15, 0.2) is 39.8 Å². The molecule has 0 spiro atoms. The second-order valence-corrected chi connectivity index (χ2v) is 5.68. The van der Waals surface area contributed by atoms with Crippen molar-refractivity contribution in [2.75, 3.05) is 0 Å². The highest BCUT2D eigenvalue weighted by Gasteiger charge is 2.11. The van der Waals surface area contributed by atoms with E-state index in [1.807, 2.05) is 0 Å². The summed E-state index contributed by atoms with van der Waals surface area (Å²) in [6, 6.07) is 5.92. The number of benzene rings is 1. The molecule has 0 radical (unpaired) electrons. The van der Waals surface area contributed by atoms with Crippen molar-refractivity contribution in [3.63, 3.8) is 0 Å². The lowest BCUT2D eigenvalue weighted by atomic mass is 10.2. The molecule has 7 nitrogen and oxygen atoms in total. The molecule has 1 heterocycles. The summed E-state index contributed by atoms with van der Waals surface area (Å²) in [5.41, 5.74) is 0.738. The Kier molecular flexibility index (Phi) is 3.86. The van der Waals surface area contributed by atoms with Crippen LogP contribution in [0.4, 0.5) is 0 Å². The van der Waals surface area contributed by atoms with E-state index in [-0.39, 0.29) is 23.1 Å². The smallest absolute Gasteiger partial charge is 0.288 e. The highest BCUT2D eigenvalue weighted by molar-refractivity contribution is 7.89. The third-order valence-corrected chi connectivity index (χ3v) is 3.48. The number of carbonyl (C=O) groups is 1. The molecule has 1 amide bonds. The largest absolute Gasteiger partial charge is 0.436 e. The van der Waals surface area contributed by atoms with E-state index in [9.17, 15) is 13.2 Å². The monoisotopic (exact) mass is 295 g/mol. The SMILES string of the molecule is Cc1ncc(C(=O)NCc2ccc(S(N)(=O)=O)cc2)o1. The average molecular weight is 295 g/mol. The average Bonchev–Trinajstić information content (AvgIpc) is 2.82. The van der Waals surface area contributed by atoms with Crippen molar-refractivity contribution in [3.05, 3.63) is 47.7 Å². The first-order valence-corrected chi connectivity index (χ1v) is 7.23. The van der Waals surface area contributed by atoms with Gasteiger partial charge in [0.05, 0.1) is 11.1 Å². The van der Waals surface area contributed by atoms with E-state index in [4.69, 9.17) is 9.56 Å². The van der Waals surface area contributed by atoms with Crippen LogP contribution in [0.5, 0.6) is 0 Å². The normalized spacial score (nSPS) is 11.3. The fraction of sp³-hybridized carbons (Fsp3) is 0.167. The Morgan fingerprint density at radius 1 is 1.35 bits per heavy atom. The van der Waals surface area contributed by atoms with E-state index in [0.29, 0.717) is 5.89 Å². The molecule has 0 bridgehead atoms. The molecule has 1 aromatic carbocycles. The van der Waals surface area contributed by atoms with Gasteiger partial charge < -0.3 is 9.73 Å². The number of primary sulfonamides is 1. The van der Waals surface area contributed by atoms with E-state index in [0.717, 1.165) is 5.56 Å². The Bertz CT molecular complexity index is 719. The van der Waals surface area contributed by atoms with Crippen molar-refractivity contribution in [3.8, 4) is 0 Å². The maximum Gasteiger partial charge on any atom is 0.288 e. The van der Waals surface area contributed by atoms with Gasteiger partial charge in [0.15, 0.2) is 5.89 Å². The molecule has 2 aromatic rings. The van der Waals surface area contributed by atoms with Crippen molar-refractivity contribution >= 4 is 15.9 Å². The summed E-state index contributed by atoms with van der Waals surface area (Å²) in [5, 5.41) is 7.62. The summed E-state index contributed by atoms with van der Waals surface area (Å²) in [4.78, 5) is 15.5. The van der Waals surface area contributed by atoms with Gasteiger partial charge in [-0.15, -0.1) is 0 Å². The van der Waals surface area contributed by atoms with Crippen LogP contribution in [0.1, 0.15) is 22.0 Å². The minimum atomic E-state index is -3.70. The van der Waals surface area contributed by atoms with Crippen molar-refractivity contribution < 1.29 is 17.6 Å². The molecule has 106 valence electrons. The maximum absolute atomic E-state index is 11.7. The van der Waals surface area contributed by atoms with Gasteiger partial charge in [0.2, 0.25) is 15.8 Å². The number of nitrogens with two attached hydrogens (primary N) is 1. The number of oxazole rings is 1. The van der Waals surface area contributed by atoms with Crippen LogP contribution in [-0.4, -0.2) is 19.3 Å². The lowest BCUT2D eigenvalue weighted by Gasteiger charge is -2.04. The standard InChI is InChI=1S/C12H13N3O4S/c1-8-14-7-11(19-8)12(16)15-6-9-2-4-10(5-3-9)20(13,17)18/h2-5,7H,6H2,1H3,(H,15,16)(H2,13,17,18). The third-order valence-electron chi connectivity index (χ3n) is 2.55. The fourth-order valence-electron chi connectivity index (χ4n) is 1.53. The quantitative estimate of drug-likeness (QED) is 0.855. The van der Waals surface area contributed by atoms with Gasteiger partial charge in [-0.3, -0.25) is 4.79 Å². The number of hydrogen-bond donors (Lipinski definition) is 2.